The van der Waals surface area contributed by atoms with Crippen LogP contribution in [0.5, 0.6) is 0 Å². The number of hydrogen-bond donors (Lipinski definition) is 2. The number of amides is 1. The molecule has 0 aliphatic carbocycles. The molecule has 3 N–H and O–H groups in total. The SMILES string of the molecule is CCC[C@@H](N)C(=O)N(CCCO)C(C)C. The molecule has 1 atom stereocenters. The van der Waals surface area contributed by atoms with Crippen LogP contribution in [0.3, 0.4) is 0 Å². The zero-order chi connectivity index (χ0) is 11.8. The van der Waals surface area contributed by atoms with Gasteiger partial charge in [0.05, 0.1) is 6.04 Å². The average molecular weight is 216 g/mol. The average Bonchev–Trinajstić information content (AvgIpc) is 2.18. The molecule has 0 aromatic rings. The summed E-state index contributed by atoms with van der Waals surface area (Å²) in [7, 11) is 0. The molecule has 0 aromatic heterocycles. The van der Waals surface area contributed by atoms with E-state index in [9.17, 15) is 4.79 Å². The summed E-state index contributed by atoms with van der Waals surface area (Å²) in [5.74, 6) is 0.000278. The van der Waals surface area contributed by atoms with E-state index in [1.54, 1.807) is 4.90 Å². The standard InChI is InChI=1S/C11H24N2O2/c1-4-6-10(12)11(15)13(9(2)3)7-5-8-14/h9-10,14H,4-8,12H2,1-3H3/t10-/m1/s1. The first-order valence-electron chi connectivity index (χ1n) is 5.71. The molecule has 0 aromatic carbocycles. The molecule has 0 bridgehead atoms. The van der Waals surface area contributed by atoms with E-state index in [1.807, 2.05) is 20.8 Å². The first-order valence-corrected chi connectivity index (χ1v) is 5.71. The maximum Gasteiger partial charge on any atom is 0.239 e. The minimum absolute atomic E-state index is 0.000278. The Kier molecular flexibility index (Phi) is 7.34. The zero-order valence-corrected chi connectivity index (χ0v) is 10.1. The molecule has 0 heterocycles. The Morgan fingerprint density at radius 2 is 2.07 bits per heavy atom. The molecular weight excluding hydrogens is 192 g/mol. The predicted molar refractivity (Wildman–Crippen MR) is 61.4 cm³/mol. The first kappa shape index (κ1) is 14.4. The molecule has 0 fully saturated rings. The predicted octanol–water partition coefficient (Wildman–Crippen LogP) is 0.733. The van der Waals surface area contributed by atoms with Crippen molar-refractivity contribution in [1.82, 2.24) is 4.90 Å². The van der Waals surface area contributed by atoms with E-state index in [4.69, 9.17) is 10.8 Å². The third-order valence-corrected chi connectivity index (χ3v) is 2.38. The Hall–Kier alpha value is -0.610. The maximum atomic E-state index is 11.9. The number of nitrogens with zero attached hydrogens (tertiary/aromatic N) is 1. The van der Waals surface area contributed by atoms with Gasteiger partial charge in [0, 0.05) is 19.2 Å². The van der Waals surface area contributed by atoms with Crippen molar-refractivity contribution in [1.29, 1.82) is 0 Å². The summed E-state index contributed by atoms with van der Waals surface area (Å²) >= 11 is 0. The van der Waals surface area contributed by atoms with Crippen LogP contribution in [0.4, 0.5) is 0 Å². The van der Waals surface area contributed by atoms with Crippen LogP contribution < -0.4 is 5.73 Å². The van der Waals surface area contributed by atoms with Gasteiger partial charge in [0.25, 0.3) is 0 Å². The van der Waals surface area contributed by atoms with E-state index in [0.29, 0.717) is 13.0 Å². The summed E-state index contributed by atoms with van der Waals surface area (Å²) < 4.78 is 0. The fraction of sp³-hybridized carbons (Fsp3) is 0.909. The summed E-state index contributed by atoms with van der Waals surface area (Å²) in [5.41, 5.74) is 5.78. The Morgan fingerprint density at radius 3 is 2.47 bits per heavy atom. The van der Waals surface area contributed by atoms with E-state index in [1.165, 1.54) is 0 Å². The lowest BCUT2D eigenvalue weighted by Gasteiger charge is -2.29. The lowest BCUT2D eigenvalue weighted by Crippen LogP contribution is -2.47. The van der Waals surface area contributed by atoms with Gasteiger partial charge in [0.2, 0.25) is 5.91 Å². The summed E-state index contributed by atoms with van der Waals surface area (Å²) in [6, 6.07) is -0.247. The van der Waals surface area contributed by atoms with Gasteiger partial charge in [-0.25, -0.2) is 0 Å². The summed E-state index contributed by atoms with van der Waals surface area (Å²) in [5, 5.41) is 8.75. The van der Waals surface area contributed by atoms with Crippen LogP contribution in [-0.4, -0.2) is 41.1 Å². The fourth-order valence-corrected chi connectivity index (χ4v) is 1.51. The molecule has 0 unspecified atom stereocenters. The molecule has 0 rings (SSSR count). The quantitative estimate of drug-likeness (QED) is 0.659. The normalized spacial score (nSPS) is 12.9. The number of nitrogens with two attached hydrogens (primary N) is 1. The molecule has 15 heavy (non-hydrogen) atoms. The van der Waals surface area contributed by atoms with Crippen molar-refractivity contribution in [3.05, 3.63) is 0 Å². The van der Waals surface area contributed by atoms with E-state index in [2.05, 4.69) is 0 Å². The third-order valence-electron chi connectivity index (χ3n) is 2.38. The van der Waals surface area contributed by atoms with Crippen molar-refractivity contribution in [2.75, 3.05) is 13.2 Å². The fourth-order valence-electron chi connectivity index (χ4n) is 1.51. The second-order valence-electron chi connectivity index (χ2n) is 4.10. The van der Waals surface area contributed by atoms with Crippen LogP contribution in [0, 0.1) is 0 Å². The molecule has 4 heteroatoms. The highest BCUT2D eigenvalue weighted by molar-refractivity contribution is 5.81. The first-order chi connectivity index (χ1) is 7.04. The van der Waals surface area contributed by atoms with Crippen LogP contribution in [0.1, 0.15) is 40.0 Å². The number of rotatable bonds is 7. The van der Waals surface area contributed by atoms with Gasteiger partial charge < -0.3 is 15.7 Å². The lowest BCUT2D eigenvalue weighted by molar-refractivity contribution is -0.134. The highest BCUT2D eigenvalue weighted by Crippen LogP contribution is 2.05. The van der Waals surface area contributed by atoms with Gasteiger partial charge >= 0.3 is 0 Å². The summed E-state index contributed by atoms with van der Waals surface area (Å²) in [4.78, 5) is 13.6. The number of carbonyl (C=O) groups excluding carboxylic acids is 1. The van der Waals surface area contributed by atoms with Crippen molar-refractivity contribution >= 4 is 5.91 Å². The summed E-state index contributed by atoms with van der Waals surface area (Å²) in [6.07, 6.45) is 2.25. The van der Waals surface area contributed by atoms with Crippen molar-refractivity contribution in [2.45, 2.75) is 52.1 Å². The van der Waals surface area contributed by atoms with Gasteiger partial charge in [-0.2, -0.15) is 0 Å². The van der Waals surface area contributed by atoms with Gasteiger partial charge in [0.1, 0.15) is 0 Å². The monoisotopic (exact) mass is 216 g/mol. The van der Waals surface area contributed by atoms with Gasteiger partial charge in [-0.1, -0.05) is 13.3 Å². The lowest BCUT2D eigenvalue weighted by atomic mass is 10.1. The van der Waals surface area contributed by atoms with Gasteiger partial charge in [-0.3, -0.25) is 4.79 Å². The molecule has 90 valence electrons. The number of hydrogen-bond acceptors (Lipinski definition) is 3. The van der Waals surface area contributed by atoms with Crippen molar-refractivity contribution < 1.29 is 9.90 Å². The molecule has 0 saturated heterocycles. The Balaban J connectivity index is 4.27. The van der Waals surface area contributed by atoms with Crippen molar-refractivity contribution in [2.24, 2.45) is 5.73 Å². The highest BCUT2D eigenvalue weighted by Gasteiger charge is 2.21. The second kappa shape index (κ2) is 7.65. The van der Waals surface area contributed by atoms with Gasteiger partial charge in [0.15, 0.2) is 0 Å². The van der Waals surface area contributed by atoms with Crippen LogP contribution in [0.25, 0.3) is 0 Å². The van der Waals surface area contributed by atoms with Crippen LogP contribution in [-0.2, 0) is 4.79 Å². The molecular formula is C11H24N2O2. The summed E-state index contributed by atoms with van der Waals surface area (Å²) in [6.45, 7) is 6.65. The van der Waals surface area contributed by atoms with E-state index in [-0.39, 0.29) is 18.6 Å². The molecule has 4 nitrogen and oxygen atoms in total. The van der Waals surface area contributed by atoms with E-state index >= 15 is 0 Å². The maximum absolute atomic E-state index is 11.9. The van der Waals surface area contributed by atoms with Crippen molar-refractivity contribution in [3.63, 3.8) is 0 Å². The van der Waals surface area contributed by atoms with Crippen LogP contribution in [0.2, 0.25) is 0 Å². The number of carbonyl (C=O) groups is 1. The second-order valence-corrected chi connectivity index (χ2v) is 4.10. The number of aliphatic hydroxyl groups is 1. The number of aliphatic hydroxyl groups excluding tert-OH is 1. The minimum Gasteiger partial charge on any atom is -0.396 e. The minimum atomic E-state index is -0.393. The van der Waals surface area contributed by atoms with Crippen LogP contribution in [0.15, 0.2) is 0 Å². The molecule has 0 radical (unpaired) electrons. The molecule has 0 saturated carbocycles. The van der Waals surface area contributed by atoms with Gasteiger partial charge in [-0.05, 0) is 26.7 Å². The highest BCUT2D eigenvalue weighted by atomic mass is 16.3. The Bertz CT molecular complexity index is 183. The molecule has 1 amide bonds. The topological polar surface area (TPSA) is 66.6 Å². The smallest absolute Gasteiger partial charge is 0.239 e. The molecule has 0 aliphatic heterocycles. The van der Waals surface area contributed by atoms with Crippen molar-refractivity contribution in [3.8, 4) is 0 Å². The Labute approximate surface area is 92.4 Å². The van der Waals surface area contributed by atoms with E-state index in [0.717, 1.165) is 12.8 Å². The third kappa shape index (κ3) is 5.14. The van der Waals surface area contributed by atoms with Gasteiger partial charge in [-0.15, -0.1) is 0 Å². The molecule has 0 spiro atoms. The van der Waals surface area contributed by atoms with E-state index < -0.39 is 6.04 Å². The Morgan fingerprint density at radius 1 is 1.47 bits per heavy atom. The van der Waals surface area contributed by atoms with Crippen LogP contribution >= 0.6 is 0 Å². The molecule has 0 aliphatic rings. The largest absolute Gasteiger partial charge is 0.396 e. The zero-order valence-electron chi connectivity index (χ0n) is 10.1.